The van der Waals surface area contributed by atoms with E-state index in [1.54, 1.807) is 5.19 Å². The zero-order valence-electron chi connectivity index (χ0n) is 27.0. The van der Waals surface area contributed by atoms with Gasteiger partial charge in [0.05, 0.1) is 8.07 Å². The van der Waals surface area contributed by atoms with Gasteiger partial charge in [-0.05, 0) is 56.9 Å². The van der Waals surface area contributed by atoms with Gasteiger partial charge in [-0.2, -0.15) is 11.1 Å². The molecule has 0 aliphatic heterocycles. The maximum atomic E-state index is 3.36. The second-order valence-electron chi connectivity index (χ2n) is 12.1. The fourth-order valence-electron chi connectivity index (χ4n) is 4.82. The van der Waals surface area contributed by atoms with Gasteiger partial charge >= 0.3 is 0 Å². The summed E-state index contributed by atoms with van der Waals surface area (Å²) in [5, 5.41) is 6.07. The van der Waals surface area contributed by atoms with Crippen molar-refractivity contribution in [3.63, 3.8) is 0 Å². The molecular formula is C35H49Cl3Si2Ti-. The van der Waals surface area contributed by atoms with Gasteiger partial charge in [-0.1, -0.05) is 127 Å². The molecule has 3 aromatic carbocycles. The van der Waals surface area contributed by atoms with E-state index in [9.17, 15) is 0 Å². The monoisotopic (exact) mass is 678 g/mol. The summed E-state index contributed by atoms with van der Waals surface area (Å²) in [5.41, 5.74) is 11.2. The van der Waals surface area contributed by atoms with Crippen molar-refractivity contribution in [2.45, 2.75) is 82.0 Å². The molecule has 0 saturated carbocycles. The van der Waals surface area contributed by atoms with Crippen molar-refractivity contribution in [3.8, 4) is 0 Å². The Hall–Kier alpha value is -0.842. The maximum Gasteiger partial charge on any atom is 0.154 e. The number of hydrogen-bond donors (Lipinski definition) is 0. The van der Waals surface area contributed by atoms with E-state index in [1.165, 1.54) is 60.1 Å². The van der Waals surface area contributed by atoms with Gasteiger partial charge in [0, 0.05) is 21.7 Å². The van der Waals surface area contributed by atoms with Crippen LogP contribution in [0.25, 0.3) is 0 Å². The van der Waals surface area contributed by atoms with E-state index in [1.807, 2.05) is 0 Å². The van der Waals surface area contributed by atoms with Gasteiger partial charge in [-0.3, -0.25) is 6.08 Å². The first-order chi connectivity index (χ1) is 17.2. The predicted molar refractivity (Wildman–Crippen MR) is 192 cm³/mol. The molecule has 0 nitrogen and oxygen atoms in total. The topological polar surface area (TPSA) is 0 Å². The van der Waals surface area contributed by atoms with Crippen LogP contribution in [0.15, 0.2) is 71.3 Å². The molecule has 0 N–H and O–H groups in total. The number of benzene rings is 3. The molecule has 1 aliphatic rings. The van der Waals surface area contributed by atoms with Crippen molar-refractivity contribution >= 4 is 74.8 Å². The van der Waals surface area contributed by atoms with Crippen LogP contribution in [-0.2, 0) is 21.7 Å². The number of aryl methyl sites for hydroxylation is 5. The fourth-order valence-corrected chi connectivity index (χ4v) is 9.10. The van der Waals surface area contributed by atoms with E-state index in [2.05, 4.69) is 143 Å². The average Bonchev–Trinajstić information content (AvgIpc) is 3.03. The van der Waals surface area contributed by atoms with E-state index in [4.69, 9.17) is 0 Å². The van der Waals surface area contributed by atoms with Gasteiger partial charge < -0.3 is 0 Å². The summed E-state index contributed by atoms with van der Waals surface area (Å²) in [7, 11) is -2.40. The molecule has 0 spiro atoms. The normalized spacial score (nSPS) is 14.1. The predicted octanol–water partition coefficient (Wildman–Crippen LogP) is 8.27. The molecule has 223 valence electrons. The largest absolute Gasteiger partial charge is 0.266 e. The van der Waals surface area contributed by atoms with Crippen molar-refractivity contribution in [1.29, 1.82) is 0 Å². The van der Waals surface area contributed by atoms with Crippen LogP contribution in [0, 0.1) is 46.6 Å². The molecule has 1 unspecified atom stereocenters. The molecule has 3 aromatic rings. The molecule has 0 fully saturated rings. The number of rotatable bonds is 4. The van der Waals surface area contributed by atoms with Crippen molar-refractivity contribution in [2.24, 2.45) is 5.92 Å². The molecule has 1 atom stereocenters. The fraction of sp³-hybridized carbons (Fsp3) is 0.371. The Labute approximate surface area is 287 Å². The van der Waals surface area contributed by atoms with E-state index < -0.39 is 16.9 Å². The van der Waals surface area contributed by atoms with Gasteiger partial charge in [-0.25, -0.2) is 5.57 Å². The van der Waals surface area contributed by atoms with Gasteiger partial charge in [0.2, 0.25) is 0 Å². The van der Waals surface area contributed by atoms with E-state index in [0.29, 0.717) is 5.92 Å². The zero-order valence-corrected chi connectivity index (χ0v) is 33.0. The molecule has 0 saturated heterocycles. The smallest absolute Gasteiger partial charge is 0.154 e. The molecule has 6 heteroatoms. The van der Waals surface area contributed by atoms with E-state index in [0.717, 1.165) is 0 Å². The van der Waals surface area contributed by atoms with Crippen molar-refractivity contribution < 1.29 is 21.7 Å². The third-order valence-corrected chi connectivity index (χ3v) is 12.7. The summed E-state index contributed by atoms with van der Waals surface area (Å²) >= 11 is 0. The molecule has 0 bridgehead atoms. The van der Waals surface area contributed by atoms with Crippen molar-refractivity contribution in [3.05, 3.63) is 105 Å². The van der Waals surface area contributed by atoms with Gasteiger partial charge in [0.15, 0.2) is 8.80 Å². The van der Waals surface area contributed by atoms with Gasteiger partial charge in [-0.15, -0.1) is 44.1 Å². The molecule has 1 aliphatic carbocycles. The summed E-state index contributed by atoms with van der Waals surface area (Å²) < 4.78 is 0. The van der Waals surface area contributed by atoms with Crippen LogP contribution < -0.4 is 20.7 Å². The molecule has 1 radical (unpaired) electrons. The third-order valence-electron chi connectivity index (χ3n) is 8.06. The molecule has 0 heterocycles. The number of halogens is 3. The zero-order chi connectivity index (χ0) is 27.7. The van der Waals surface area contributed by atoms with Crippen LogP contribution in [0.1, 0.15) is 55.5 Å². The Morgan fingerprint density at radius 2 is 1.07 bits per heavy atom. The maximum absolute atomic E-state index is 3.36. The molecule has 41 heavy (non-hydrogen) atoms. The molecule has 0 aromatic heterocycles. The summed E-state index contributed by atoms with van der Waals surface area (Å²) in [4.78, 5) is 0. The van der Waals surface area contributed by atoms with Crippen LogP contribution >= 0.6 is 37.2 Å². The Bertz CT molecular complexity index is 1320. The Morgan fingerprint density at radius 3 is 1.39 bits per heavy atom. The Balaban J connectivity index is 0. The first kappa shape index (κ1) is 42.3. The molecule has 0 amide bonds. The van der Waals surface area contributed by atoms with Crippen LogP contribution in [0.4, 0.5) is 0 Å². The first-order valence-electron chi connectivity index (χ1n) is 13.6. The van der Waals surface area contributed by atoms with Crippen molar-refractivity contribution in [2.75, 3.05) is 0 Å². The second-order valence-corrected chi connectivity index (χ2v) is 19.7. The first-order valence-corrected chi connectivity index (χ1v) is 18.6. The summed E-state index contributed by atoms with van der Waals surface area (Å²) in [6.07, 6.45) is 3.36. The van der Waals surface area contributed by atoms with Crippen molar-refractivity contribution in [1.82, 2.24) is 0 Å². The van der Waals surface area contributed by atoms with Gasteiger partial charge in [0.1, 0.15) is 0 Å². The molecular weight excluding hydrogens is 631 g/mol. The van der Waals surface area contributed by atoms with Gasteiger partial charge in [0.25, 0.3) is 0 Å². The summed E-state index contributed by atoms with van der Waals surface area (Å²) in [6, 6.07) is 21.5. The Morgan fingerprint density at radius 1 is 0.610 bits per heavy atom. The Kier molecular flexibility index (Phi) is 18.0. The second kappa shape index (κ2) is 17.5. The average molecular weight is 680 g/mol. The minimum atomic E-state index is -1.37. The minimum Gasteiger partial charge on any atom is -0.266 e. The summed E-state index contributed by atoms with van der Waals surface area (Å²) in [5.74, 6) is 0.560. The number of allylic oxidation sites excluding steroid dienone is 4. The third kappa shape index (κ3) is 10.7. The van der Waals surface area contributed by atoms with Crippen LogP contribution in [0.5, 0.6) is 0 Å². The van der Waals surface area contributed by atoms with E-state index >= 15 is 0 Å². The minimum absolute atomic E-state index is 0. The summed E-state index contributed by atoms with van der Waals surface area (Å²) in [6.45, 7) is 27.2. The standard InChI is InChI=1S/C26H33Si2.C9H13.3ClH.Ti/c1-18-13-25(17-26(14-18)28(6,7)8)27(23-11-9-19(2)21(4)15-23)24-12-10-20(3)22(5)16-24;1-6-5-7(2)9(4)8(6)3;;;;/h9-17H,1-8H3;6H,1-4H3;3*1H;/q;-1;;;;. The van der Waals surface area contributed by atoms with Crippen LogP contribution in [0.2, 0.25) is 19.6 Å². The van der Waals surface area contributed by atoms with E-state index in [-0.39, 0.29) is 58.9 Å². The SMILES string of the molecule is CC1=[C-]C(C)C(C)=C1C.Cc1cc([Si](c2ccc(C)c(C)c2)c2ccc(C)c(C)c2)cc([Si](C)(C)C)c1.Cl.Cl.Cl.[Ti]. The quantitative estimate of drug-likeness (QED) is 0.148. The van der Waals surface area contributed by atoms with Crippen LogP contribution in [-0.4, -0.2) is 16.9 Å². The molecule has 4 rings (SSSR count). The number of hydrogen-bond acceptors (Lipinski definition) is 0. The van der Waals surface area contributed by atoms with Crippen LogP contribution in [0.3, 0.4) is 0 Å².